The topological polar surface area (TPSA) is 56.0 Å². The van der Waals surface area contributed by atoms with Gasteiger partial charge in [0.05, 0.1) is 4.92 Å². The quantitative estimate of drug-likeness (QED) is 0.495. The molecule has 0 unspecified atom stereocenters. The number of nitro groups is 1. The Morgan fingerprint density at radius 1 is 1.38 bits per heavy atom. The second-order valence-corrected chi connectivity index (χ2v) is 2.32. The highest BCUT2D eigenvalue weighted by Crippen LogP contribution is 2.18. The number of hydrogen-bond acceptors (Lipinski definition) is 3. The van der Waals surface area contributed by atoms with Crippen LogP contribution in [0.2, 0.25) is 0 Å². The fourth-order valence-electron chi connectivity index (χ4n) is 0.962. The summed E-state index contributed by atoms with van der Waals surface area (Å²) >= 11 is 0. The van der Waals surface area contributed by atoms with Gasteiger partial charge in [0.1, 0.15) is 5.69 Å². The van der Waals surface area contributed by atoms with Gasteiger partial charge in [-0.2, -0.15) is 0 Å². The van der Waals surface area contributed by atoms with E-state index >= 15 is 0 Å². The molecule has 0 atom stereocenters. The average Bonchev–Trinajstić information content (AvgIpc) is 2.07. The highest BCUT2D eigenvalue weighted by Gasteiger charge is 2.13. The van der Waals surface area contributed by atoms with E-state index in [-0.39, 0.29) is 5.69 Å². The lowest BCUT2D eigenvalue weighted by atomic mass is 10.2. The highest BCUT2D eigenvalue weighted by atomic mass is 16.6. The van der Waals surface area contributed by atoms with E-state index < -0.39 is 4.92 Å². The van der Waals surface area contributed by atoms with Gasteiger partial charge in [-0.15, -0.1) is 0 Å². The van der Waals surface area contributed by atoms with E-state index in [0.29, 0.717) is 11.3 Å². The monoisotopic (exact) mass is 182 g/mol. The van der Waals surface area contributed by atoms with Crippen molar-refractivity contribution < 1.29 is 4.92 Å². The van der Waals surface area contributed by atoms with Crippen LogP contribution in [0.15, 0.2) is 12.3 Å². The van der Waals surface area contributed by atoms with Crippen LogP contribution >= 0.6 is 0 Å². The average molecular weight is 182 g/mol. The van der Waals surface area contributed by atoms with Gasteiger partial charge in [-0.05, 0) is 19.9 Å². The Bertz CT molecular complexity index is 277. The van der Waals surface area contributed by atoms with Crippen molar-refractivity contribution in [2.45, 2.75) is 27.7 Å². The van der Waals surface area contributed by atoms with Crippen molar-refractivity contribution in [2.24, 2.45) is 0 Å². The van der Waals surface area contributed by atoms with Crippen molar-refractivity contribution in [3.05, 3.63) is 33.6 Å². The molecule has 1 rings (SSSR count). The van der Waals surface area contributed by atoms with Crippen LogP contribution in [-0.2, 0) is 0 Å². The number of aromatic nitrogens is 1. The molecule has 0 fully saturated rings. The second-order valence-electron chi connectivity index (χ2n) is 2.32. The summed E-state index contributed by atoms with van der Waals surface area (Å²) in [6.45, 7) is 7.33. The molecular formula is C9H14N2O2. The van der Waals surface area contributed by atoms with Crippen LogP contribution in [0.25, 0.3) is 0 Å². The molecule has 0 radical (unpaired) electrons. The van der Waals surface area contributed by atoms with Crippen LogP contribution in [0.5, 0.6) is 0 Å². The Balaban J connectivity index is 0.000000671. The molecule has 13 heavy (non-hydrogen) atoms. The van der Waals surface area contributed by atoms with Gasteiger partial charge in [0, 0.05) is 11.8 Å². The van der Waals surface area contributed by atoms with Crippen molar-refractivity contribution in [3.8, 4) is 0 Å². The van der Waals surface area contributed by atoms with Crippen LogP contribution in [-0.4, -0.2) is 9.91 Å². The zero-order valence-electron chi connectivity index (χ0n) is 8.37. The predicted molar refractivity (Wildman–Crippen MR) is 51.7 cm³/mol. The van der Waals surface area contributed by atoms with Crippen LogP contribution < -0.4 is 0 Å². The maximum absolute atomic E-state index is 10.4. The molecule has 0 aromatic carbocycles. The molecule has 4 heteroatoms. The van der Waals surface area contributed by atoms with Crippen molar-refractivity contribution in [1.82, 2.24) is 4.98 Å². The standard InChI is InChI=1S/C7H8N2O2.C2H6/c1-5-3-4-8-6(2)7(5)9(10)11;1-2/h3-4H,1-2H3;1-2H3. The van der Waals surface area contributed by atoms with E-state index in [1.165, 1.54) is 0 Å². The first-order valence-electron chi connectivity index (χ1n) is 4.19. The molecule has 0 aliphatic rings. The minimum absolute atomic E-state index is 0.118. The van der Waals surface area contributed by atoms with Gasteiger partial charge in [-0.1, -0.05) is 13.8 Å². The van der Waals surface area contributed by atoms with E-state index in [0.717, 1.165) is 0 Å². The summed E-state index contributed by atoms with van der Waals surface area (Å²) in [7, 11) is 0. The van der Waals surface area contributed by atoms with E-state index in [4.69, 9.17) is 0 Å². The molecule has 0 amide bonds. The van der Waals surface area contributed by atoms with Gasteiger partial charge in [-0.25, -0.2) is 0 Å². The smallest absolute Gasteiger partial charge is 0.258 e. The third-order valence-electron chi connectivity index (χ3n) is 1.49. The minimum atomic E-state index is -0.405. The Kier molecular flexibility index (Phi) is 4.66. The molecule has 0 aliphatic carbocycles. The molecule has 0 N–H and O–H groups in total. The van der Waals surface area contributed by atoms with E-state index in [9.17, 15) is 10.1 Å². The molecule has 0 bridgehead atoms. The van der Waals surface area contributed by atoms with Crippen molar-refractivity contribution in [1.29, 1.82) is 0 Å². The molecule has 4 nitrogen and oxygen atoms in total. The largest absolute Gasteiger partial charge is 0.293 e. The number of rotatable bonds is 1. The molecule has 0 spiro atoms. The molecule has 0 saturated carbocycles. The van der Waals surface area contributed by atoms with Crippen molar-refractivity contribution in [3.63, 3.8) is 0 Å². The number of nitrogens with zero attached hydrogens (tertiary/aromatic N) is 2. The number of aryl methyl sites for hydroxylation is 2. The van der Waals surface area contributed by atoms with Crippen LogP contribution in [0, 0.1) is 24.0 Å². The summed E-state index contributed by atoms with van der Waals surface area (Å²) in [6, 6.07) is 1.63. The summed E-state index contributed by atoms with van der Waals surface area (Å²) in [5.41, 5.74) is 1.24. The SMILES string of the molecule is CC.Cc1ccnc(C)c1[N+](=O)[O-]. The lowest BCUT2D eigenvalue weighted by Gasteiger charge is -1.97. The first kappa shape index (κ1) is 11.6. The van der Waals surface area contributed by atoms with Crippen molar-refractivity contribution in [2.75, 3.05) is 0 Å². The Hall–Kier alpha value is -1.45. The van der Waals surface area contributed by atoms with Gasteiger partial charge in [0.25, 0.3) is 5.69 Å². The molecule has 1 aromatic rings. The van der Waals surface area contributed by atoms with Gasteiger partial charge in [0.15, 0.2) is 0 Å². The van der Waals surface area contributed by atoms with Crippen molar-refractivity contribution >= 4 is 5.69 Å². The van der Waals surface area contributed by atoms with Crippen LogP contribution in [0.1, 0.15) is 25.1 Å². The lowest BCUT2D eigenvalue weighted by Crippen LogP contribution is -1.96. The summed E-state index contributed by atoms with van der Waals surface area (Å²) in [5.74, 6) is 0. The van der Waals surface area contributed by atoms with Crippen LogP contribution in [0.3, 0.4) is 0 Å². The third kappa shape index (κ3) is 2.82. The summed E-state index contributed by atoms with van der Waals surface area (Å²) in [4.78, 5) is 13.8. The molecule has 1 heterocycles. The summed E-state index contributed by atoms with van der Waals surface area (Å²) < 4.78 is 0. The maximum Gasteiger partial charge on any atom is 0.293 e. The Morgan fingerprint density at radius 3 is 2.23 bits per heavy atom. The summed E-state index contributed by atoms with van der Waals surface area (Å²) in [6.07, 6.45) is 1.57. The zero-order chi connectivity index (χ0) is 10.4. The molecular weight excluding hydrogens is 168 g/mol. The first-order chi connectivity index (χ1) is 6.13. The fourth-order valence-corrected chi connectivity index (χ4v) is 0.962. The van der Waals surface area contributed by atoms with E-state index in [1.54, 1.807) is 26.1 Å². The fraction of sp³-hybridized carbons (Fsp3) is 0.444. The van der Waals surface area contributed by atoms with E-state index in [1.807, 2.05) is 13.8 Å². The zero-order valence-corrected chi connectivity index (χ0v) is 8.37. The van der Waals surface area contributed by atoms with Gasteiger partial charge in [-0.3, -0.25) is 15.1 Å². The summed E-state index contributed by atoms with van der Waals surface area (Å²) in [5, 5.41) is 10.4. The Labute approximate surface area is 77.8 Å². The lowest BCUT2D eigenvalue weighted by molar-refractivity contribution is -0.386. The van der Waals surface area contributed by atoms with Crippen LogP contribution in [0.4, 0.5) is 5.69 Å². The van der Waals surface area contributed by atoms with Gasteiger partial charge < -0.3 is 0 Å². The highest BCUT2D eigenvalue weighted by molar-refractivity contribution is 5.41. The molecule has 0 saturated heterocycles. The first-order valence-corrected chi connectivity index (χ1v) is 4.19. The minimum Gasteiger partial charge on any atom is -0.258 e. The van der Waals surface area contributed by atoms with Gasteiger partial charge >= 0.3 is 0 Å². The number of pyridine rings is 1. The molecule has 72 valence electrons. The second kappa shape index (κ2) is 5.24. The molecule has 0 aliphatic heterocycles. The van der Waals surface area contributed by atoms with Gasteiger partial charge in [0.2, 0.25) is 0 Å². The Morgan fingerprint density at radius 2 is 1.92 bits per heavy atom. The third-order valence-corrected chi connectivity index (χ3v) is 1.49. The predicted octanol–water partition coefficient (Wildman–Crippen LogP) is 2.63. The molecule has 1 aromatic heterocycles. The maximum atomic E-state index is 10.4. The normalized spacial score (nSPS) is 8.62. The van der Waals surface area contributed by atoms with E-state index in [2.05, 4.69) is 4.98 Å². The number of hydrogen-bond donors (Lipinski definition) is 0.